The largest absolute Gasteiger partial charge is 0.573 e. The number of aromatic nitrogens is 4. The lowest BCUT2D eigenvalue weighted by Gasteiger charge is -2.18. The Kier molecular flexibility index (Phi) is 6.62. The highest BCUT2D eigenvalue weighted by molar-refractivity contribution is 7.90. The maximum Gasteiger partial charge on any atom is 0.573 e. The smallest absolute Gasteiger partial charge is 0.406 e. The van der Waals surface area contributed by atoms with Crippen molar-refractivity contribution in [3.05, 3.63) is 71.1 Å². The predicted molar refractivity (Wildman–Crippen MR) is 124 cm³/mol. The summed E-state index contributed by atoms with van der Waals surface area (Å²) in [6.07, 6.45) is -1.40. The summed E-state index contributed by atoms with van der Waals surface area (Å²) in [7, 11) is -3.96. The monoisotopic (exact) mass is 539 g/mol. The van der Waals surface area contributed by atoms with E-state index in [0.717, 1.165) is 18.4 Å². The molecule has 9 nitrogen and oxygen atoms in total. The van der Waals surface area contributed by atoms with Gasteiger partial charge in [0.05, 0.1) is 39.4 Å². The van der Waals surface area contributed by atoms with Crippen LogP contribution >= 0.6 is 11.6 Å². The molecule has 0 radical (unpaired) electrons. The van der Waals surface area contributed by atoms with Crippen LogP contribution in [-0.2, 0) is 9.84 Å². The van der Waals surface area contributed by atoms with E-state index in [4.69, 9.17) is 11.6 Å². The SMILES string of the molecule is CC(NC(=O)c1cc(OC(F)(F)F)cc(S(C)(=O)=O)c1)c1nc2ccccc2nc1-n1cc(Cl)cn1. The molecule has 0 saturated heterocycles. The Hall–Kier alpha value is -3.71. The molecule has 1 atom stereocenters. The zero-order valence-corrected chi connectivity index (χ0v) is 20.2. The van der Waals surface area contributed by atoms with Gasteiger partial charge in [-0.1, -0.05) is 23.7 Å². The Labute approximate surface area is 207 Å². The Morgan fingerprint density at radius 3 is 2.39 bits per heavy atom. The summed E-state index contributed by atoms with van der Waals surface area (Å²) in [5, 5.41) is 7.09. The molecule has 0 aliphatic carbocycles. The standard InChI is InChI=1S/C22H17ClF3N5O4S/c1-12(19-20(31-11-14(23)10-27-31)30-18-6-4-3-5-17(18)29-19)28-21(32)13-7-15(35-22(24,25)26)9-16(8-13)36(2,33)34/h3-12H,1-2H3,(H,28,32). The molecule has 4 aromatic rings. The first-order chi connectivity index (χ1) is 16.8. The maximum absolute atomic E-state index is 13.0. The van der Waals surface area contributed by atoms with Crippen molar-refractivity contribution >= 4 is 38.4 Å². The number of alkyl halides is 3. The van der Waals surface area contributed by atoms with Crippen LogP contribution in [0.5, 0.6) is 5.75 Å². The topological polar surface area (TPSA) is 116 Å². The highest BCUT2D eigenvalue weighted by Gasteiger charge is 2.32. The average Bonchev–Trinajstić information content (AvgIpc) is 3.22. The number of amides is 1. The molecule has 2 aromatic heterocycles. The number of hydrogen-bond acceptors (Lipinski definition) is 7. The van der Waals surface area contributed by atoms with Crippen LogP contribution in [-0.4, -0.2) is 46.7 Å². The van der Waals surface area contributed by atoms with Crippen molar-refractivity contribution in [3.63, 3.8) is 0 Å². The lowest BCUT2D eigenvalue weighted by Crippen LogP contribution is -2.29. The number of halogens is 4. The number of nitrogens with one attached hydrogen (secondary N) is 1. The number of hydrogen-bond donors (Lipinski definition) is 1. The van der Waals surface area contributed by atoms with Crippen molar-refractivity contribution in [1.29, 1.82) is 0 Å². The third-order valence-electron chi connectivity index (χ3n) is 4.91. The van der Waals surface area contributed by atoms with Gasteiger partial charge >= 0.3 is 6.36 Å². The summed E-state index contributed by atoms with van der Waals surface area (Å²) in [5.74, 6) is -1.44. The van der Waals surface area contributed by atoms with E-state index in [2.05, 4.69) is 25.1 Å². The summed E-state index contributed by atoms with van der Waals surface area (Å²) in [4.78, 5) is 21.6. The molecule has 1 N–H and O–H groups in total. The molecule has 0 fully saturated rings. The first-order valence-electron chi connectivity index (χ1n) is 10.2. The zero-order chi connectivity index (χ0) is 26.3. The van der Waals surface area contributed by atoms with Gasteiger partial charge in [-0.2, -0.15) is 5.10 Å². The average molecular weight is 540 g/mol. The van der Waals surface area contributed by atoms with Crippen LogP contribution in [0.1, 0.15) is 29.0 Å². The van der Waals surface area contributed by atoms with Crippen molar-refractivity contribution in [1.82, 2.24) is 25.1 Å². The Morgan fingerprint density at radius 1 is 1.14 bits per heavy atom. The van der Waals surface area contributed by atoms with E-state index in [9.17, 15) is 26.4 Å². The lowest BCUT2D eigenvalue weighted by molar-refractivity contribution is -0.274. The molecule has 0 aliphatic rings. The summed E-state index contributed by atoms with van der Waals surface area (Å²) in [6.45, 7) is 1.58. The van der Waals surface area contributed by atoms with Gasteiger partial charge in [-0.15, -0.1) is 13.2 Å². The van der Waals surface area contributed by atoms with Gasteiger partial charge in [0, 0.05) is 11.8 Å². The molecule has 0 spiro atoms. The molecule has 4 rings (SSSR count). The number of carbonyl (C=O) groups excluding carboxylic acids is 1. The molecular formula is C22H17ClF3N5O4S. The van der Waals surface area contributed by atoms with E-state index < -0.39 is 38.8 Å². The third-order valence-corrected chi connectivity index (χ3v) is 6.20. The fourth-order valence-electron chi connectivity index (χ4n) is 3.34. The first-order valence-corrected chi connectivity index (χ1v) is 12.5. The van der Waals surface area contributed by atoms with Crippen LogP contribution in [0.4, 0.5) is 13.2 Å². The second-order valence-electron chi connectivity index (χ2n) is 7.73. The van der Waals surface area contributed by atoms with Gasteiger partial charge in [-0.25, -0.2) is 23.1 Å². The summed E-state index contributed by atoms with van der Waals surface area (Å²) in [6, 6.07) is 8.61. The number of ether oxygens (including phenoxy) is 1. The van der Waals surface area contributed by atoms with E-state index >= 15 is 0 Å². The van der Waals surface area contributed by atoms with E-state index in [1.54, 1.807) is 31.2 Å². The Morgan fingerprint density at radius 2 is 1.81 bits per heavy atom. The highest BCUT2D eigenvalue weighted by atomic mass is 35.5. The van der Waals surface area contributed by atoms with E-state index in [-0.39, 0.29) is 17.1 Å². The van der Waals surface area contributed by atoms with Gasteiger partial charge in [0.25, 0.3) is 5.91 Å². The van der Waals surface area contributed by atoms with Crippen molar-refractivity contribution in [2.45, 2.75) is 24.2 Å². The van der Waals surface area contributed by atoms with Crippen molar-refractivity contribution in [2.24, 2.45) is 0 Å². The highest BCUT2D eigenvalue weighted by Crippen LogP contribution is 2.28. The number of rotatable bonds is 6. The molecule has 0 bridgehead atoms. The molecule has 2 aromatic carbocycles. The maximum atomic E-state index is 13.0. The fraction of sp³-hybridized carbons (Fsp3) is 0.182. The number of nitrogens with zero attached hydrogens (tertiary/aromatic N) is 4. The van der Waals surface area contributed by atoms with Crippen LogP contribution in [0.25, 0.3) is 16.9 Å². The lowest BCUT2D eigenvalue weighted by atomic mass is 10.1. The molecule has 1 unspecified atom stereocenters. The normalized spacial score (nSPS) is 12.9. The number of fused-ring (bicyclic) bond motifs is 1. The van der Waals surface area contributed by atoms with Gasteiger partial charge in [0.2, 0.25) is 0 Å². The summed E-state index contributed by atoms with van der Waals surface area (Å²) >= 11 is 5.99. The summed E-state index contributed by atoms with van der Waals surface area (Å²) < 4.78 is 67.5. The van der Waals surface area contributed by atoms with Crippen molar-refractivity contribution in [3.8, 4) is 11.6 Å². The number of benzene rings is 2. The van der Waals surface area contributed by atoms with Gasteiger partial charge in [0.15, 0.2) is 15.7 Å². The van der Waals surface area contributed by atoms with E-state index in [1.165, 1.54) is 17.1 Å². The Bertz CT molecular complexity index is 1570. The molecule has 0 saturated carbocycles. The van der Waals surface area contributed by atoms with Crippen LogP contribution < -0.4 is 10.1 Å². The van der Waals surface area contributed by atoms with Crippen LogP contribution in [0.2, 0.25) is 5.02 Å². The minimum atomic E-state index is -5.09. The molecule has 188 valence electrons. The molecular weight excluding hydrogens is 523 g/mol. The van der Waals surface area contributed by atoms with Crippen molar-refractivity contribution in [2.75, 3.05) is 6.26 Å². The molecule has 14 heteroatoms. The second-order valence-corrected chi connectivity index (χ2v) is 10.2. The minimum absolute atomic E-state index is 0.263. The summed E-state index contributed by atoms with van der Waals surface area (Å²) in [5.41, 5.74) is 1.00. The fourth-order valence-corrected chi connectivity index (χ4v) is 4.15. The molecule has 36 heavy (non-hydrogen) atoms. The number of carbonyl (C=O) groups is 1. The molecule has 0 aliphatic heterocycles. The van der Waals surface area contributed by atoms with E-state index in [0.29, 0.717) is 22.1 Å². The van der Waals surface area contributed by atoms with Gasteiger partial charge in [-0.05, 0) is 37.3 Å². The van der Waals surface area contributed by atoms with Gasteiger partial charge < -0.3 is 10.1 Å². The molecule has 2 heterocycles. The Balaban J connectivity index is 1.73. The van der Waals surface area contributed by atoms with Gasteiger partial charge in [-0.3, -0.25) is 4.79 Å². The number of sulfone groups is 1. The second kappa shape index (κ2) is 9.39. The quantitative estimate of drug-likeness (QED) is 0.389. The predicted octanol–water partition coefficient (Wildman–Crippen LogP) is 4.26. The zero-order valence-electron chi connectivity index (χ0n) is 18.6. The number of para-hydroxylation sites is 2. The third kappa shape index (κ3) is 5.74. The van der Waals surface area contributed by atoms with Crippen LogP contribution in [0.3, 0.4) is 0 Å². The van der Waals surface area contributed by atoms with E-state index in [1.807, 2.05) is 0 Å². The minimum Gasteiger partial charge on any atom is -0.406 e. The molecule has 1 amide bonds. The van der Waals surface area contributed by atoms with Crippen molar-refractivity contribution < 1.29 is 31.1 Å². The van der Waals surface area contributed by atoms with Gasteiger partial charge in [0.1, 0.15) is 11.4 Å². The first kappa shape index (κ1) is 25.4. The van der Waals surface area contributed by atoms with Crippen LogP contribution in [0, 0.1) is 0 Å². The van der Waals surface area contributed by atoms with Crippen LogP contribution in [0.15, 0.2) is 59.8 Å².